The van der Waals surface area contributed by atoms with Crippen LogP contribution in [0, 0.1) is 11.6 Å². The Morgan fingerprint density at radius 2 is 1.67 bits per heavy atom. The Morgan fingerprint density at radius 3 is 2.23 bits per heavy atom. The molecule has 0 fully saturated rings. The number of aromatic nitrogens is 1. The van der Waals surface area contributed by atoms with Crippen molar-refractivity contribution in [2.75, 3.05) is 13.1 Å². The molecule has 1 heterocycles. The van der Waals surface area contributed by atoms with Crippen LogP contribution in [0.1, 0.15) is 19.4 Å². The number of hydrogen-bond donors (Lipinski definition) is 0. The van der Waals surface area contributed by atoms with E-state index in [-0.39, 0.29) is 0 Å². The molecule has 30 heavy (non-hydrogen) atoms. The topological polar surface area (TPSA) is 34.5 Å². The largest absolute Gasteiger partial charge is 0.573 e. The minimum atomic E-state index is -5.27. The fourth-order valence-electron chi connectivity index (χ4n) is 3.22. The van der Waals surface area contributed by atoms with E-state index in [1.165, 1.54) is 10.8 Å². The summed E-state index contributed by atoms with van der Waals surface area (Å²) in [5.74, 6) is -4.81. The average molecular weight is 426 g/mol. The van der Waals surface area contributed by atoms with Crippen molar-refractivity contribution in [1.82, 2.24) is 9.47 Å². The molecule has 1 aromatic heterocycles. The first kappa shape index (κ1) is 21.8. The molecule has 0 spiro atoms. The van der Waals surface area contributed by atoms with Crippen molar-refractivity contribution in [3.63, 3.8) is 0 Å². The Bertz CT molecular complexity index is 1100. The van der Waals surface area contributed by atoms with Crippen molar-refractivity contribution >= 4 is 10.9 Å². The third-order valence-electron chi connectivity index (χ3n) is 4.76. The molecule has 0 unspecified atom stereocenters. The number of nitrogens with zero attached hydrogens (tertiary/aromatic N) is 2. The number of hydrogen-bond acceptors (Lipinski definition) is 3. The Hall–Kier alpha value is -2.94. The number of ether oxygens (including phenoxy) is 1. The number of halogens is 5. The van der Waals surface area contributed by atoms with Crippen LogP contribution in [0.2, 0.25) is 0 Å². The van der Waals surface area contributed by atoms with Crippen LogP contribution in [0.4, 0.5) is 22.0 Å². The summed E-state index contributed by atoms with van der Waals surface area (Å²) in [5, 5.41) is -0.428. The molecule has 0 aliphatic carbocycles. The molecule has 3 rings (SSSR count). The predicted octanol–water partition coefficient (Wildman–Crippen LogP) is 5.01. The molecular weight excluding hydrogens is 407 g/mol. The van der Waals surface area contributed by atoms with E-state index >= 15 is 0 Å². The molecule has 0 aliphatic rings. The first-order valence-corrected chi connectivity index (χ1v) is 9.25. The molecule has 0 N–H and O–H groups in total. The third-order valence-corrected chi connectivity index (χ3v) is 4.76. The zero-order valence-electron chi connectivity index (χ0n) is 16.3. The van der Waals surface area contributed by atoms with E-state index in [1.54, 1.807) is 24.3 Å². The van der Waals surface area contributed by atoms with Crippen LogP contribution >= 0.6 is 0 Å². The Balaban J connectivity index is 2.18. The Kier molecular flexibility index (Phi) is 6.12. The molecule has 0 amide bonds. The van der Waals surface area contributed by atoms with Gasteiger partial charge in [-0.05, 0) is 36.9 Å². The van der Waals surface area contributed by atoms with Crippen molar-refractivity contribution in [1.29, 1.82) is 0 Å². The van der Waals surface area contributed by atoms with Crippen LogP contribution in [-0.4, -0.2) is 28.9 Å². The lowest BCUT2D eigenvalue weighted by Crippen LogP contribution is -2.22. The molecule has 0 bridgehead atoms. The highest BCUT2D eigenvalue weighted by Crippen LogP contribution is 2.35. The number of benzene rings is 2. The summed E-state index contributed by atoms with van der Waals surface area (Å²) < 4.78 is 71.6. The lowest BCUT2D eigenvalue weighted by atomic mass is 10.1. The second-order valence-electron chi connectivity index (χ2n) is 6.62. The first-order valence-electron chi connectivity index (χ1n) is 9.25. The van der Waals surface area contributed by atoms with Gasteiger partial charge < -0.3 is 9.30 Å². The monoisotopic (exact) mass is 426 g/mol. The summed E-state index contributed by atoms with van der Waals surface area (Å²) in [6.07, 6.45) is -4.07. The van der Waals surface area contributed by atoms with Gasteiger partial charge in [-0.3, -0.25) is 9.69 Å². The molecule has 2 aromatic carbocycles. The van der Waals surface area contributed by atoms with Crippen LogP contribution in [0.3, 0.4) is 0 Å². The SMILES string of the molecule is CCN(CC)Cc1ccc(-n2ccc(=O)c3cc(F)c(F)c(OC(F)(F)F)c32)cc1. The highest BCUT2D eigenvalue weighted by Gasteiger charge is 2.35. The van der Waals surface area contributed by atoms with Gasteiger partial charge in [0.15, 0.2) is 17.0 Å². The number of fused-ring (bicyclic) bond motifs is 1. The maximum absolute atomic E-state index is 14.3. The fraction of sp³-hybridized carbons (Fsp3) is 0.286. The van der Waals surface area contributed by atoms with E-state index in [9.17, 15) is 26.7 Å². The maximum Gasteiger partial charge on any atom is 0.573 e. The standard InChI is InChI=1S/C21H19F5N2O2/c1-3-27(4-2)12-13-5-7-14(8-6-13)28-10-9-17(29)15-11-16(22)18(23)20(19(15)28)30-21(24,25)26/h5-11H,3-4,12H2,1-2H3. The van der Waals surface area contributed by atoms with Crippen molar-refractivity contribution in [2.45, 2.75) is 26.8 Å². The van der Waals surface area contributed by atoms with Gasteiger partial charge in [0.2, 0.25) is 5.82 Å². The third kappa shape index (κ3) is 4.46. The van der Waals surface area contributed by atoms with Gasteiger partial charge >= 0.3 is 6.36 Å². The summed E-state index contributed by atoms with van der Waals surface area (Å²) in [6.45, 7) is 6.44. The molecule has 0 radical (unpaired) electrons. The average Bonchev–Trinajstić information content (AvgIpc) is 2.70. The van der Waals surface area contributed by atoms with Crippen LogP contribution in [0.5, 0.6) is 5.75 Å². The van der Waals surface area contributed by atoms with Gasteiger partial charge in [0, 0.05) is 24.5 Å². The highest BCUT2D eigenvalue weighted by atomic mass is 19.4. The second kappa shape index (κ2) is 8.43. The highest BCUT2D eigenvalue weighted by molar-refractivity contribution is 5.86. The molecule has 0 aliphatic heterocycles. The summed E-state index contributed by atoms with van der Waals surface area (Å²) in [7, 11) is 0. The van der Waals surface area contributed by atoms with Gasteiger partial charge in [-0.1, -0.05) is 26.0 Å². The maximum atomic E-state index is 14.3. The van der Waals surface area contributed by atoms with Crippen LogP contribution in [0.25, 0.3) is 16.6 Å². The number of alkyl halides is 3. The quantitative estimate of drug-likeness (QED) is 0.520. The van der Waals surface area contributed by atoms with Gasteiger partial charge in [0.1, 0.15) is 5.52 Å². The molecular formula is C21H19F5N2O2. The van der Waals surface area contributed by atoms with Crippen LogP contribution in [0.15, 0.2) is 47.4 Å². The molecule has 160 valence electrons. The number of rotatable bonds is 6. The molecule has 9 heteroatoms. The predicted molar refractivity (Wildman–Crippen MR) is 103 cm³/mol. The summed E-state index contributed by atoms with van der Waals surface area (Å²) in [6, 6.07) is 8.45. The minimum absolute atomic E-state index is 0.362. The Labute approximate surface area is 169 Å². The van der Waals surface area contributed by atoms with E-state index in [2.05, 4.69) is 9.64 Å². The summed E-state index contributed by atoms with van der Waals surface area (Å²) >= 11 is 0. The van der Waals surface area contributed by atoms with Gasteiger partial charge in [-0.2, -0.15) is 4.39 Å². The van der Waals surface area contributed by atoms with Crippen molar-refractivity contribution < 1.29 is 26.7 Å². The lowest BCUT2D eigenvalue weighted by Gasteiger charge is -2.19. The summed E-state index contributed by atoms with van der Waals surface area (Å²) in [4.78, 5) is 14.3. The molecule has 3 aromatic rings. The van der Waals surface area contributed by atoms with Crippen molar-refractivity contribution in [3.8, 4) is 11.4 Å². The lowest BCUT2D eigenvalue weighted by molar-refractivity contribution is -0.275. The normalized spacial score (nSPS) is 12.0. The van der Waals surface area contributed by atoms with Crippen molar-refractivity contribution in [2.24, 2.45) is 0 Å². The molecule has 0 atom stereocenters. The zero-order valence-corrected chi connectivity index (χ0v) is 16.3. The van der Waals surface area contributed by atoms with E-state index < -0.39 is 40.1 Å². The van der Waals surface area contributed by atoms with E-state index in [4.69, 9.17) is 0 Å². The van der Waals surface area contributed by atoms with Gasteiger partial charge in [-0.25, -0.2) is 4.39 Å². The van der Waals surface area contributed by atoms with Crippen molar-refractivity contribution in [3.05, 3.63) is 70.0 Å². The zero-order chi connectivity index (χ0) is 22.1. The van der Waals surface area contributed by atoms with E-state index in [0.29, 0.717) is 18.3 Å². The van der Waals surface area contributed by atoms with E-state index in [0.717, 1.165) is 24.7 Å². The molecule has 0 saturated heterocycles. The molecule has 4 nitrogen and oxygen atoms in total. The van der Waals surface area contributed by atoms with Gasteiger partial charge in [0.05, 0.1) is 5.39 Å². The van der Waals surface area contributed by atoms with Crippen LogP contribution < -0.4 is 10.2 Å². The molecule has 0 saturated carbocycles. The minimum Gasteiger partial charge on any atom is -0.400 e. The Morgan fingerprint density at radius 1 is 1.03 bits per heavy atom. The van der Waals surface area contributed by atoms with Gasteiger partial charge in [-0.15, -0.1) is 13.2 Å². The first-order chi connectivity index (χ1) is 14.1. The van der Waals surface area contributed by atoms with Gasteiger partial charge in [0.25, 0.3) is 0 Å². The fourth-order valence-corrected chi connectivity index (χ4v) is 3.22. The van der Waals surface area contributed by atoms with E-state index in [1.807, 2.05) is 13.8 Å². The second-order valence-corrected chi connectivity index (χ2v) is 6.62. The smallest absolute Gasteiger partial charge is 0.400 e. The van der Waals surface area contributed by atoms with Crippen LogP contribution in [-0.2, 0) is 6.54 Å². The number of pyridine rings is 1. The summed E-state index contributed by atoms with van der Waals surface area (Å²) in [5.41, 5.74) is 0.0682.